The molecule has 0 spiro atoms. The molecule has 180 valence electrons. The fraction of sp³-hybridized carbons (Fsp3) is 0.640. The lowest BCUT2D eigenvalue weighted by atomic mass is 9.92. The molecule has 1 atom stereocenters. The zero-order valence-corrected chi connectivity index (χ0v) is 19.9. The van der Waals surface area contributed by atoms with Crippen molar-refractivity contribution in [1.82, 2.24) is 15.0 Å². The summed E-state index contributed by atoms with van der Waals surface area (Å²) >= 11 is 0. The molecule has 2 aliphatic heterocycles. The Labute approximate surface area is 196 Å². The molecule has 0 bridgehead atoms. The molecule has 2 fully saturated rings. The summed E-state index contributed by atoms with van der Waals surface area (Å²) in [5.74, 6) is 2.61. The first-order chi connectivity index (χ1) is 16.0. The normalized spacial score (nSPS) is 18.2. The average molecular weight is 456 g/mol. The molecule has 2 N–H and O–H groups in total. The van der Waals surface area contributed by atoms with Crippen molar-refractivity contribution in [2.75, 3.05) is 37.7 Å². The molecule has 8 nitrogen and oxygen atoms in total. The van der Waals surface area contributed by atoms with Crippen molar-refractivity contribution in [1.29, 1.82) is 0 Å². The van der Waals surface area contributed by atoms with Gasteiger partial charge in [0, 0.05) is 32.1 Å². The van der Waals surface area contributed by atoms with Crippen LogP contribution in [0.1, 0.15) is 75.7 Å². The van der Waals surface area contributed by atoms with Crippen molar-refractivity contribution >= 4 is 11.9 Å². The van der Waals surface area contributed by atoms with E-state index in [1.54, 1.807) is 0 Å². The molecule has 0 saturated carbocycles. The smallest absolute Gasteiger partial charge is 0.324 e. The minimum atomic E-state index is -0.591. The van der Waals surface area contributed by atoms with E-state index >= 15 is 0 Å². The maximum Gasteiger partial charge on any atom is 0.324 e. The number of rotatable bonds is 9. The highest BCUT2D eigenvalue weighted by Crippen LogP contribution is 2.26. The van der Waals surface area contributed by atoms with E-state index in [0.29, 0.717) is 18.5 Å². The number of anilines is 1. The maximum atomic E-state index is 12.5. The number of nitrogens with zero attached hydrogens (tertiary/aromatic N) is 4. The van der Waals surface area contributed by atoms with Gasteiger partial charge in [0.1, 0.15) is 11.8 Å². The number of carbonyl (C=O) groups is 1. The summed E-state index contributed by atoms with van der Waals surface area (Å²) in [7, 11) is 0. The van der Waals surface area contributed by atoms with Crippen LogP contribution in [-0.2, 0) is 4.79 Å². The third-order valence-electron chi connectivity index (χ3n) is 6.78. The highest BCUT2D eigenvalue weighted by atomic mass is 16.5. The quantitative estimate of drug-likeness (QED) is 0.573. The van der Waals surface area contributed by atoms with Gasteiger partial charge < -0.3 is 24.8 Å². The number of benzene rings is 1. The molecule has 1 aromatic carbocycles. The zero-order chi connectivity index (χ0) is 23.2. The Hall–Kier alpha value is -2.61. The van der Waals surface area contributed by atoms with Crippen LogP contribution in [0.5, 0.6) is 5.75 Å². The van der Waals surface area contributed by atoms with Crippen LogP contribution in [0.2, 0.25) is 0 Å². The summed E-state index contributed by atoms with van der Waals surface area (Å²) in [6, 6.07) is 7.72. The minimum absolute atomic E-state index is 0.0201. The number of nitrogens with two attached hydrogens (primary N) is 1. The largest absolute Gasteiger partial charge is 0.494 e. The highest BCUT2D eigenvalue weighted by molar-refractivity contribution is 5.83. The number of ether oxygens (including phenoxy) is 1. The Morgan fingerprint density at radius 2 is 1.85 bits per heavy atom. The van der Waals surface area contributed by atoms with Gasteiger partial charge in [-0.15, -0.1) is 0 Å². The number of hydrogen-bond acceptors (Lipinski definition) is 7. The number of amides is 1. The van der Waals surface area contributed by atoms with E-state index in [-0.39, 0.29) is 11.8 Å². The van der Waals surface area contributed by atoms with Gasteiger partial charge in [0.2, 0.25) is 5.91 Å². The third-order valence-corrected chi connectivity index (χ3v) is 6.78. The van der Waals surface area contributed by atoms with Gasteiger partial charge in [-0.2, -0.15) is 4.98 Å². The molecule has 8 heteroatoms. The molecule has 1 unspecified atom stereocenters. The van der Waals surface area contributed by atoms with Gasteiger partial charge in [0.25, 0.3) is 0 Å². The van der Waals surface area contributed by atoms with Crippen LogP contribution in [-0.4, -0.2) is 53.7 Å². The predicted molar refractivity (Wildman–Crippen MR) is 127 cm³/mol. The summed E-state index contributed by atoms with van der Waals surface area (Å²) in [4.78, 5) is 21.1. The molecule has 33 heavy (non-hydrogen) atoms. The molecule has 0 radical (unpaired) electrons. The Morgan fingerprint density at radius 3 is 2.48 bits per heavy atom. The predicted octanol–water partition coefficient (Wildman–Crippen LogP) is 3.89. The van der Waals surface area contributed by atoms with Crippen molar-refractivity contribution in [2.24, 2.45) is 11.7 Å². The second kappa shape index (κ2) is 11.0. The lowest BCUT2D eigenvalue weighted by Gasteiger charge is -2.30. The van der Waals surface area contributed by atoms with Crippen molar-refractivity contribution in [3.63, 3.8) is 0 Å². The van der Waals surface area contributed by atoms with Crippen LogP contribution < -0.4 is 15.4 Å². The van der Waals surface area contributed by atoms with Crippen LogP contribution in [0, 0.1) is 5.92 Å². The molecule has 1 amide bonds. The standard InChI is InChI=1S/C25H37N5O3/c1-18(2)23-27-25(33-28-23)30-15-11-19(12-16-30)6-5-17-32-21-9-7-20(8-10-21)22(26)24(31)29-13-3-4-14-29/h7-10,18-19,22H,3-6,11-17,26H2,1-2H3. The van der Waals surface area contributed by atoms with Gasteiger partial charge in [0.05, 0.1) is 6.61 Å². The molecule has 2 aliphatic rings. The topological polar surface area (TPSA) is 97.7 Å². The molecule has 3 heterocycles. The van der Waals surface area contributed by atoms with Gasteiger partial charge in [0.15, 0.2) is 5.82 Å². The number of hydrogen-bond donors (Lipinski definition) is 1. The first kappa shape index (κ1) is 23.5. The molecule has 4 rings (SSSR count). The van der Waals surface area contributed by atoms with Crippen LogP contribution in [0.4, 0.5) is 6.01 Å². The Balaban J connectivity index is 1.14. The summed E-state index contributed by atoms with van der Waals surface area (Å²) in [6.07, 6.45) is 6.60. The van der Waals surface area contributed by atoms with Crippen LogP contribution >= 0.6 is 0 Å². The minimum Gasteiger partial charge on any atom is -0.494 e. The third kappa shape index (κ3) is 6.05. The number of piperidine rings is 1. The molecule has 2 aromatic rings. The molecule has 0 aliphatic carbocycles. The van der Waals surface area contributed by atoms with Crippen molar-refractivity contribution in [3.05, 3.63) is 35.7 Å². The van der Waals surface area contributed by atoms with E-state index in [9.17, 15) is 4.79 Å². The van der Waals surface area contributed by atoms with Gasteiger partial charge in [-0.05, 0) is 62.1 Å². The van der Waals surface area contributed by atoms with Gasteiger partial charge >= 0.3 is 6.01 Å². The zero-order valence-electron chi connectivity index (χ0n) is 19.9. The van der Waals surface area contributed by atoms with E-state index in [0.717, 1.165) is 81.8 Å². The molecular formula is C25H37N5O3. The molecule has 1 aromatic heterocycles. The highest BCUT2D eigenvalue weighted by Gasteiger charge is 2.25. The van der Waals surface area contributed by atoms with Gasteiger partial charge in [-0.25, -0.2) is 0 Å². The van der Waals surface area contributed by atoms with E-state index in [2.05, 4.69) is 28.9 Å². The van der Waals surface area contributed by atoms with E-state index < -0.39 is 6.04 Å². The van der Waals surface area contributed by atoms with Crippen molar-refractivity contribution in [2.45, 2.75) is 64.3 Å². The van der Waals surface area contributed by atoms with Crippen LogP contribution in [0.25, 0.3) is 0 Å². The number of aromatic nitrogens is 2. The fourth-order valence-electron chi connectivity index (χ4n) is 4.61. The SMILES string of the molecule is CC(C)c1noc(N2CCC(CCCOc3ccc(C(N)C(=O)N4CCCC4)cc3)CC2)n1. The lowest BCUT2D eigenvalue weighted by molar-refractivity contribution is -0.131. The fourth-order valence-corrected chi connectivity index (χ4v) is 4.61. The van der Waals surface area contributed by atoms with E-state index in [1.165, 1.54) is 0 Å². The van der Waals surface area contributed by atoms with Crippen LogP contribution in [0.15, 0.2) is 28.8 Å². The summed E-state index contributed by atoms with van der Waals surface area (Å²) in [5, 5.41) is 4.07. The summed E-state index contributed by atoms with van der Waals surface area (Å²) in [5.41, 5.74) is 7.03. The Kier molecular flexibility index (Phi) is 7.85. The Morgan fingerprint density at radius 1 is 1.15 bits per heavy atom. The van der Waals surface area contributed by atoms with Gasteiger partial charge in [-0.1, -0.05) is 31.1 Å². The average Bonchev–Trinajstić information content (AvgIpc) is 3.55. The van der Waals surface area contributed by atoms with Crippen LogP contribution in [0.3, 0.4) is 0 Å². The monoisotopic (exact) mass is 455 g/mol. The second-order valence-electron chi connectivity index (χ2n) is 9.59. The number of likely N-dealkylation sites (tertiary alicyclic amines) is 1. The summed E-state index contributed by atoms with van der Waals surface area (Å²) < 4.78 is 11.4. The lowest BCUT2D eigenvalue weighted by Crippen LogP contribution is -2.36. The van der Waals surface area contributed by atoms with Gasteiger partial charge in [-0.3, -0.25) is 4.79 Å². The first-order valence-corrected chi connectivity index (χ1v) is 12.4. The Bertz CT molecular complexity index is 884. The van der Waals surface area contributed by atoms with Crippen molar-refractivity contribution in [3.8, 4) is 5.75 Å². The first-order valence-electron chi connectivity index (χ1n) is 12.4. The summed E-state index contributed by atoms with van der Waals surface area (Å²) in [6.45, 7) is 8.41. The van der Waals surface area contributed by atoms with Crippen molar-refractivity contribution < 1.29 is 14.1 Å². The van der Waals surface area contributed by atoms with E-state index in [1.807, 2.05) is 29.2 Å². The maximum absolute atomic E-state index is 12.5. The molecular weight excluding hydrogens is 418 g/mol. The number of carbonyl (C=O) groups excluding carboxylic acids is 1. The second-order valence-corrected chi connectivity index (χ2v) is 9.59. The molecule has 2 saturated heterocycles. The van der Waals surface area contributed by atoms with E-state index in [4.69, 9.17) is 15.0 Å².